The van der Waals surface area contributed by atoms with E-state index in [0.717, 1.165) is 62.7 Å². The van der Waals surface area contributed by atoms with Crippen molar-refractivity contribution in [3.63, 3.8) is 0 Å². The fourth-order valence-corrected chi connectivity index (χ4v) is 4.76. The summed E-state index contributed by atoms with van der Waals surface area (Å²) in [5.74, 6) is 1.28. The van der Waals surface area contributed by atoms with E-state index in [1.165, 1.54) is 10.4 Å². The molecule has 1 fully saturated rings. The van der Waals surface area contributed by atoms with Gasteiger partial charge in [-0.1, -0.05) is 6.92 Å². The van der Waals surface area contributed by atoms with Crippen molar-refractivity contribution < 1.29 is 9.53 Å². The van der Waals surface area contributed by atoms with Crippen LogP contribution in [0.3, 0.4) is 0 Å². The van der Waals surface area contributed by atoms with Gasteiger partial charge >= 0.3 is 0 Å². The molecule has 0 unspecified atom stereocenters. The lowest BCUT2D eigenvalue weighted by molar-refractivity contribution is 0.102. The van der Waals surface area contributed by atoms with Gasteiger partial charge in [0.25, 0.3) is 5.91 Å². The molecule has 1 amide bonds. The van der Waals surface area contributed by atoms with Gasteiger partial charge in [-0.05, 0) is 42.9 Å². The third-order valence-electron chi connectivity index (χ3n) is 5.01. The van der Waals surface area contributed by atoms with E-state index in [2.05, 4.69) is 22.1 Å². The van der Waals surface area contributed by atoms with Crippen LogP contribution in [0.4, 0.5) is 11.5 Å². The zero-order valence-corrected chi connectivity index (χ0v) is 15.3. The molecule has 0 saturated carbocycles. The number of aromatic nitrogens is 1. The third-order valence-corrected chi connectivity index (χ3v) is 6.06. The Kier molecular flexibility index (Phi) is 4.72. The number of rotatable bonds is 3. The molecule has 5 nitrogen and oxygen atoms in total. The van der Waals surface area contributed by atoms with Gasteiger partial charge in [-0.25, -0.2) is 4.98 Å². The molecular formula is C19H23N3O2S. The number of nitrogens with zero attached hydrogens (tertiary/aromatic N) is 2. The van der Waals surface area contributed by atoms with Crippen molar-refractivity contribution in [2.24, 2.45) is 5.92 Å². The van der Waals surface area contributed by atoms with E-state index in [-0.39, 0.29) is 5.91 Å². The monoisotopic (exact) mass is 357 g/mol. The summed E-state index contributed by atoms with van der Waals surface area (Å²) in [5.41, 5.74) is 3.14. The summed E-state index contributed by atoms with van der Waals surface area (Å²) in [7, 11) is 0. The smallest absolute Gasteiger partial charge is 0.257 e. The second-order valence-electron chi connectivity index (χ2n) is 6.85. The van der Waals surface area contributed by atoms with Crippen LogP contribution >= 0.6 is 11.3 Å². The first kappa shape index (κ1) is 16.5. The number of fused-ring (bicyclic) bond motifs is 1. The van der Waals surface area contributed by atoms with Crippen LogP contribution in [0, 0.1) is 5.92 Å². The predicted molar refractivity (Wildman–Crippen MR) is 101 cm³/mol. The van der Waals surface area contributed by atoms with Crippen molar-refractivity contribution in [3.05, 3.63) is 39.7 Å². The number of morpholine rings is 1. The average Bonchev–Trinajstić information content (AvgIpc) is 3.06. The van der Waals surface area contributed by atoms with E-state index in [9.17, 15) is 4.79 Å². The van der Waals surface area contributed by atoms with Crippen LogP contribution in [-0.4, -0.2) is 37.2 Å². The molecule has 25 heavy (non-hydrogen) atoms. The lowest BCUT2D eigenvalue weighted by Crippen LogP contribution is -2.36. The minimum atomic E-state index is -0.0429. The van der Waals surface area contributed by atoms with Gasteiger partial charge in [-0.2, -0.15) is 0 Å². The lowest BCUT2D eigenvalue weighted by Gasteiger charge is -2.28. The molecule has 0 bridgehead atoms. The first-order valence-electron chi connectivity index (χ1n) is 8.90. The number of hydrogen-bond donors (Lipinski definition) is 1. The molecule has 1 aliphatic carbocycles. The molecular weight excluding hydrogens is 334 g/mol. The number of carbonyl (C=O) groups is 1. The van der Waals surface area contributed by atoms with Crippen LogP contribution in [0.15, 0.2) is 23.7 Å². The Hall–Kier alpha value is -1.92. The number of amides is 1. The number of ether oxygens (including phenoxy) is 1. The molecule has 132 valence electrons. The number of carbonyl (C=O) groups excluding carboxylic acids is 1. The van der Waals surface area contributed by atoms with Crippen LogP contribution in [-0.2, 0) is 17.6 Å². The molecule has 1 saturated heterocycles. The lowest BCUT2D eigenvalue weighted by atomic mass is 9.88. The van der Waals surface area contributed by atoms with E-state index in [1.807, 2.05) is 23.7 Å². The van der Waals surface area contributed by atoms with Crippen LogP contribution in [0.1, 0.15) is 34.1 Å². The van der Waals surface area contributed by atoms with E-state index in [0.29, 0.717) is 5.82 Å². The number of nitrogens with one attached hydrogen (secondary N) is 1. The molecule has 1 N–H and O–H groups in total. The zero-order chi connectivity index (χ0) is 17.2. The Morgan fingerprint density at radius 1 is 1.36 bits per heavy atom. The van der Waals surface area contributed by atoms with Gasteiger partial charge in [0.05, 0.1) is 30.7 Å². The van der Waals surface area contributed by atoms with Crippen molar-refractivity contribution in [3.8, 4) is 0 Å². The second kappa shape index (κ2) is 7.14. The Labute approximate surface area is 152 Å². The molecule has 1 atom stereocenters. The van der Waals surface area contributed by atoms with Crippen molar-refractivity contribution in [1.29, 1.82) is 0 Å². The Morgan fingerprint density at radius 2 is 2.20 bits per heavy atom. The van der Waals surface area contributed by atoms with E-state index in [4.69, 9.17) is 4.74 Å². The van der Waals surface area contributed by atoms with Crippen LogP contribution < -0.4 is 10.2 Å². The topological polar surface area (TPSA) is 54.5 Å². The highest BCUT2D eigenvalue weighted by atomic mass is 32.1. The van der Waals surface area contributed by atoms with Gasteiger partial charge in [0, 0.05) is 23.3 Å². The quantitative estimate of drug-likeness (QED) is 0.915. The summed E-state index contributed by atoms with van der Waals surface area (Å²) in [5, 5.41) is 4.95. The van der Waals surface area contributed by atoms with Gasteiger partial charge in [0.1, 0.15) is 5.82 Å². The van der Waals surface area contributed by atoms with Crippen molar-refractivity contribution in [2.75, 3.05) is 36.5 Å². The van der Waals surface area contributed by atoms with E-state index >= 15 is 0 Å². The van der Waals surface area contributed by atoms with Crippen molar-refractivity contribution >= 4 is 28.7 Å². The molecule has 3 heterocycles. The third kappa shape index (κ3) is 3.55. The fourth-order valence-electron chi connectivity index (χ4n) is 3.52. The average molecular weight is 357 g/mol. The van der Waals surface area contributed by atoms with Crippen LogP contribution in [0.25, 0.3) is 0 Å². The molecule has 0 aromatic carbocycles. The maximum Gasteiger partial charge on any atom is 0.257 e. The first-order valence-corrected chi connectivity index (χ1v) is 9.78. The minimum Gasteiger partial charge on any atom is -0.378 e. The number of anilines is 2. The minimum absolute atomic E-state index is 0.0429. The molecule has 1 aliphatic heterocycles. The molecule has 2 aromatic heterocycles. The molecule has 2 aromatic rings. The predicted octanol–water partition coefficient (Wildman–Crippen LogP) is 3.36. The Morgan fingerprint density at radius 3 is 2.96 bits per heavy atom. The maximum atomic E-state index is 12.6. The summed E-state index contributed by atoms with van der Waals surface area (Å²) in [6.07, 6.45) is 5.09. The van der Waals surface area contributed by atoms with Gasteiger partial charge in [-0.15, -0.1) is 11.3 Å². The summed E-state index contributed by atoms with van der Waals surface area (Å²) < 4.78 is 5.37. The second-order valence-corrected chi connectivity index (χ2v) is 7.82. The molecule has 6 heteroatoms. The highest BCUT2D eigenvalue weighted by molar-refractivity contribution is 7.10. The highest BCUT2D eigenvalue weighted by Gasteiger charge is 2.23. The number of thiophene rings is 1. The summed E-state index contributed by atoms with van der Waals surface area (Å²) in [6, 6.07) is 3.89. The largest absolute Gasteiger partial charge is 0.378 e. The van der Waals surface area contributed by atoms with Gasteiger partial charge in [0.2, 0.25) is 0 Å². The SMILES string of the molecule is C[C@@H]1CCc2c(C(=O)Nc3ccc(N4CCOCC4)cn3)csc2C1. The van der Waals surface area contributed by atoms with Gasteiger partial charge in [0.15, 0.2) is 0 Å². The van der Waals surface area contributed by atoms with E-state index < -0.39 is 0 Å². The summed E-state index contributed by atoms with van der Waals surface area (Å²) in [6.45, 7) is 5.54. The molecule has 0 radical (unpaired) electrons. The molecule has 4 rings (SSSR count). The van der Waals surface area contributed by atoms with Crippen LogP contribution in [0.2, 0.25) is 0 Å². The summed E-state index contributed by atoms with van der Waals surface area (Å²) in [4.78, 5) is 20.7. The highest BCUT2D eigenvalue weighted by Crippen LogP contribution is 2.33. The Bertz CT molecular complexity index is 751. The maximum absolute atomic E-state index is 12.6. The Balaban J connectivity index is 1.44. The molecule has 0 spiro atoms. The van der Waals surface area contributed by atoms with E-state index in [1.54, 1.807) is 11.3 Å². The number of pyridine rings is 1. The molecule has 2 aliphatic rings. The van der Waals surface area contributed by atoms with Crippen molar-refractivity contribution in [2.45, 2.75) is 26.2 Å². The summed E-state index contributed by atoms with van der Waals surface area (Å²) >= 11 is 1.72. The number of hydrogen-bond acceptors (Lipinski definition) is 5. The first-order chi connectivity index (χ1) is 12.2. The van der Waals surface area contributed by atoms with Crippen LogP contribution in [0.5, 0.6) is 0 Å². The zero-order valence-electron chi connectivity index (χ0n) is 14.5. The van der Waals surface area contributed by atoms with Gasteiger partial charge in [-0.3, -0.25) is 4.79 Å². The van der Waals surface area contributed by atoms with Gasteiger partial charge < -0.3 is 15.0 Å². The fraction of sp³-hybridized carbons (Fsp3) is 0.474. The normalized spacial score (nSPS) is 20.2. The standard InChI is InChI=1S/C19H23N3O2S/c1-13-2-4-15-16(12-25-17(15)10-13)19(23)21-18-5-3-14(11-20-18)22-6-8-24-9-7-22/h3,5,11-13H,2,4,6-10H2,1H3,(H,20,21,23)/t13-/m1/s1. The van der Waals surface area contributed by atoms with Crippen molar-refractivity contribution in [1.82, 2.24) is 4.98 Å².